The second-order valence-corrected chi connectivity index (χ2v) is 5.80. The Bertz CT molecular complexity index is 315. The fourth-order valence-corrected chi connectivity index (χ4v) is 2.15. The van der Waals surface area contributed by atoms with E-state index in [0.717, 1.165) is 23.9 Å². The predicted molar refractivity (Wildman–Crippen MR) is 73.0 cm³/mol. The average Bonchev–Trinajstić information content (AvgIpc) is 2.28. The van der Waals surface area contributed by atoms with Crippen LogP contribution in [-0.2, 0) is 0 Å². The summed E-state index contributed by atoms with van der Waals surface area (Å²) in [6.45, 7) is 3.15. The van der Waals surface area contributed by atoms with E-state index in [-0.39, 0.29) is 12.0 Å². The molecular formula is C15H26NO+. The van der Waals surface area contributed by atoms with Crippen molar-refractivity contribution in [3.8, 4) is 0 Å². The molecule has 0 heterocycles. The van der Waals surface area contributed by atoms with Crippen molar-refractivity contribution >= 4 is 0 Å². The molecule has 96 valence electrons. The molecule has 2 nitrogen and oxygen atoms in total. The van der Waals surface area contributed by atoms with E-state index >= 15 is 0 Å². The molecular weight excluding hydrogens is 210 g/mol. The molecule has 2 unspecified atom stereocenters. The lowest BCUT2D eigenvalue weighted by molar-refractivity contribution is -0.870. The van der Waals surface area contributed by atoms with Gasteiger partial charge >= 0.3 is 0 Å². The van der Waals surface area contributed by atoms with Crippen LogP contribution >= 0.6 is 0 Å². The Morgan fingerprint density at radius 3 is 2.18 bits per heavy atom. The minimum Gasteiger partial charge on any atom is -0.392 e. The van der Waals surface area contributed by atoms with Crippen LogP contribution in [0.1, 0.15) is 31.2 Å². The van der Waals surface area contributed by atoms with Gasteiger partial charge in [-0.15, -0.1) is 0 Å². The number of quaternary nitrogens is 1. The molecule has 1 N–H and O–H groups in total. The third kappa shape index (κ3) is 4.88. The molecule has 0 aliphatic rings. The zero-order chi connectivity index (χ0) is 12.9. The van der Waals surface area contributed by atoms with Crippen LogP contribution in [-0.4, -0.2) is 43.4 Å². The lowest BCUT2D eigenvalue weighted by Crippen LogP contribution is -2.37. The number of rotatable bonds is 6. The monoisotopic (exact) mass is 236 g/mol. The molecule has 0 aliphatic carbocycles. The molecule has 0 spiro atoms. The van der Waals surface area contributed by atoms with Crippen LogP contribution < -0.4 is 0 Å². The van der Waals surface area contributed by atoms with Crippen molar-refractivity contribution in [1.82, 2.24) is 0 Å². The predicted octanol–water partition coefficient (Wildman–Crippen LogP) is 2.64. The van der Waals surface area contributed by atoms with Gasteiger partial charge in [-0.05, 0) is 12.0 Å². The van der Waals surface area contributed by atoms with Gasteiger partial charge in [0, 0.05) is 12.3 Å². The number of hydrogen-bond donors (Lipinski definition) is 1. The van der Waals surface area contributed by atoms with Crippen LogP contribution in [0.4, 0.5) is 0 Å². The van der Waals surface area contributed by atoms with Gasteiger partial charge in [0.1, 0.15) is 0 Å². The molecule has 0 aliphatic heterocycles. The number of hydrogen-bond acceptors (Lipinski definition) is 1. The van der Waals surface area contributed by atoms with Crippen molar-refractivity contribution in [2.24, 2.45) is 0 Å². The van der Waals surface area contributed by atoms with Crippen LogP contribution in [0.25, 0.3) is 0 Å². The maximum atomic E-state index is 10.3. The summed E-state index contributed by atoms with van der Waals surface area (Å²) in [5, 5.41) is 10.3. The number of aliphatic hydroxyl groups is 1. The van der Waals surface area contributed by atoms with Crippen LogP contribution in [0, 0.1) is 0 Å². The van der Waals surface area contributed by atoms with Crippen molar-refractivity contribution in [3.63, 3.8) is 0 Å². The van der Waals surface area contributed by atoms with Gasteiger partial charge in [0.05, 0.1) is 33.8 Å². The summed E-state index contributed by atoms with van der Waals surface area (Å²) in [4.78, 5) is 0. The van der Waals surface area contributed by atoms with Crippen molar-refractivity contribution in [1.29, 1.82) is 0 Å². The first-order chi connectivity index (χ1) is 7.94. The molecule has 0 bridgehead atoms. The van der Waals surface area contributed by atoms with Crippen LogP contribution in [0.2, 0.25) is 0 Å². The van der Waals surface area contributed by atoms with E-state index in [1.54, 1.807) is 0 Å². The highest BCUT2D eigenvalue weighted by Gasteiger charge is 2.21. The van der Waals surface area contributed by atoms with Crippen molar-refractivity contribution < 1.29 is 9.59 Å². The first kappa shape index (κ1) is 14.2. The highest BCUT2D eigenvalue weighted by molar-refractivity contribution is 5.20. The number of nitrogens with zero attached hydrogens (tertiary/aromatic N) is 1. The van der Waals surface area contributed by atoms with Gasteiger partial charge in [-0.2, -0.15) is 0 Å². The lowest BCUT2D eigenvalue weighted by atomic mass is 9.89. The van der Waals surface area contributed by atoms with E-state index < -0.39 is 0 Å². The first-order valence-electron chi connectivity index (χ1n) is 6.47. The van der Waals surface area contributed by atoms with Gasteiger partial charge in [-0.25, -0.2) is 0 Å². The Labute approximate surface area is 105 Å². The summed E-state index contributed by atoms with van der Waals surface area (Å²) in [5.74, 6) is 0.266. The maximum absolute atomic E-state index is 10.3. The van der Waals surface area contributed by atoms with E-state index in [1.165, 1.54) is 5.56 Å². The van der Waals surface area contributed by atoms with Gasteiger partial charge in [-0.1, -0.05) is 37.3 Å². The molecule has 0 amide bonds. The van der Waals surface area contributed by atoms with Crippen molar-refractivity contribution in [3.05, 3.63) is 35.9 Å². The zero-order valence-electron chi connectivity index (χ0n) is 11.6. The standard InChI is InChI=1S/C15H26NO/c1-5-14(13-9-7-6-8-10-13)15(17)11-12-16(2,3)4/h6-10,14-15,17H,5,11-12H2,1-4H3/q+1. The van der Waals surface area contributed by atoms with E-state index in [1.807, 2.05) is 18.2 Å². The topological polar surface area (TPSA) is 20.2 Å². The van der Waals surface area contributed by atoms with Gasteiger partial charge < -0.3 is 9.59 Å². The normalized spacial score (nSPS) is 15.6. The van der Waals surface area contributed by atoms with E-state index in [2.05, 4.69) is 40.2 Å². The minimum atomic E-state index is -0.236. The molecule has 2 atom stereocenters. The van der Waals surface area contributed by atoms with E-state index in [4.69, 9.17) is 0 Å². The molecule has 1 aromatic carbocycles. The third-order valence-corrected chi connectivity index (χ3v) is 3.23. The van der Waals surface area contributed by atoms with E-state index in [9.17, 15) is 5.11 Å². The summed E-state index contributed by atoms with van der Waals surface area (Å²) < 4.78 is 0.905. The third-order valence-electron chi connectivity index (χ3n) is 3.23. The molecule has 0 radical (unpaired) electrons. The van der Waals surface area contributed by atoms with Crippen molar-refractivity contribution in [2.75, 3.05) is 27.7 Å². The molecule has 0 fully saturated rings. The Hall–Kier alpha value is -0.860. The van der Waals surface area contributed by atoms with Gasteiger partial charge in [-0.3, -0.25) is 0 Å². The zero-order valence-corrected chi connectivity index (χ0v) is 11.6. The lowest BCUT2D eigenvalue weighted by Gasteiger charge is -2.28. The maximum Gasteiger partial charge on any atom is 0.0805 e. The minimum absolute atomic E-state index is 0.236. The fraction of sp³-hybridized carbons (Fsp3) is 0.600. The first-order valence-corrected chi connectivity index (χ1v) is 6.47. The smallest absolute Gasteiger partial charge is 0.0805 e. The molecule has 17 heavy (non-hydrogen) atoms. The SMILES string of the molecule is CCC(c1ccccc1)C(O)CC[N+](C)(C)C. The quantitative estimate of drug-likeness (QED) is 0.753. The highest BCUT2D eigenvalue weighted by Crippen LogP contribution is 2.25. The molecule has 0 saturated carbocycles. The molecule has 2 heteroatoms. The largest absolute Gasteiger partial charge is 0.392 e. The summed E-state index contributed by atoms with van der Waals surface area (Å²) in [6.07, 6.45) is 1.61. The summed E-state index contributed by atoms with van der Waals surface area (Å²) >= 11 is 0. The Morgan fingerprint density at radius 2 is 1.71 bits per heavy atom. The average molecular weight is 236 g/mol. The molecule has 1 aromatic rings. The Balaban J connectivity index is 2.62. The Kier molecular flexibility index (Phi) is 5.16. The molecule has 1 rings (SSSR count). The van der Waals surface area contributed by atoms with Gasteiger partial charge in [0.25, 0.3) is 0 Å². The number of benzene rings is 1. The molecule has 0 saturated heterocycles. The number of aliphatic hydroxyl groups excluding tert-OH is 1. The molecule has 0 aromatic heterocycles. The highest BCUT2D eigenvalue weighted by atomic mass is 16.3. The second-order valence-electron chi connectivity index (χ2n) is 5.80. The summed E-state index contributed by atoms with van der Waals surface area (Å²) in [5.41, 5.74) is 1.25. The van der Waals surface area contributed by atoms with Gasteiger partial charge in [0.2, 0.25) is 0 Å². The second kappa shape index (κ2) is 6.18. The summed E-state index contributed by atoms with van der Waals surface area (Å²) in [7, 11) is 6.49. The van der Waals surface area contributed by atoms with Crippen molar-refractivity contribution in [2.45, 2.75) is 31.8 Å². The van der Waals surface area contributed by atoms with Crippen LogP contribution in [0.15, 0.2) is 30.3 Å². The van der Waals surface area contributed by atoms with E-state index in [0.29, 0.717) is 0 Å². The fourth-order valence-electron chi connectivity index (χ4n) is 2.15. The Morgan fingerprint density at radius 1 is 1.12 bits per heavy atom. The van der Waals surface area contributed by atoms with Crippen LogP contribution in [0.5, 0.6) is 0 Å². The van der Waals surface area contributed by atoms with Crippen LogP contribution in [0.3, 0.4) is 0 Å². The van der Waals surface area contributed by atoms with Gasteiger partial charge in [0.15, 0.2) is 0 Å². The summed E-state index contributed by atoms with van der Waals surface area (Å²) in [6, 6.07) is 10.3.